The van der Waals surface area contributed by atoms with E-state index in [-0.39, 0.29) is 24.8 Å². The largest absolute Gasteiger partial charge is 0.461 e. The molecule has 1 saturated heterocycles. The van der Waals surface area contributed by atoms with Gasteiger partial charge >= 0.3 is 12.7 Å². The van der Waals surface area contributed by atoms with Crippen LogP contribution in [0.5, 0.6) is 0 Å². The Hall–Kier alpha value is -2.67. The van der Waals surface area contributed by atoms with Crippen LogP contribution in [0.1, 0.15) is 12.5 Å². The zero-order valence-corrected chi connectivity index (χ0v) is 17.5. The van der Waals surface area contributed by atoms with Crippen molar-refractivity contribution in [2.24, 2.45) is 0 Å². The zero-order chi connectivity index (χ0) is 21.7. The second-order valence-corrected chi connectivity index (χ2v) is 8.50. The summed E-state index contributed by atoms with van der Waals surface area (Å²) in [6, 6.07) is 8.00. The number of carbonyl (C=O) groups is 1. The van der Waals surface area contributed by atoms with Crippen LogP contribution in [0.25, 0.3) is 10.9 Å². The van der Waals surface area contributed by atoms with Crippen molar-refractivity contribution in [3.8, 4) is 6.57 Å². The molecule has 29 heavy (non-hydrogen) atoms. The number of hydrogen-bond donors (Lipinski definition) is 1. The number of carbonyl (C=O) groups excluding carboxylic acids is 1. The highest BCUT2D eigenvalue weighted by Gasteiger charge is 2.21. The first-order chi connectivity index (χ1) is 13.8. The van der Waals surface area contributed by atoms with Crippen LogP contribution in [0, 0.1) is 6.57 Å². The van der Waals surface area contributed by atoms with Gasteiger partial charge in [0.25, 0.3) is 6.57 Å². The minimum Gasteiger partial charge on any atom is -0.461 e. The Labute approximate surface area is 172 Å². The predicted molar refractivity (Wildman–Crippen MR) is 115 cm³/mol. The summed E-state index contributed by atoms with van der Waals surface area (Å²) in [6.07, 6.45) is 1.80. The van der Waals surface area contributed by atoms with E-state index in [9.17, 15) is 13.2 Å². The number of rotatable bonds is 8. The van der Waals surface area contributed by atoms with Gasteiger partial charge in [-0.05, 0) is 24.6 Å². The minimum absolute atomic E-state index is 0.0639. The lowest BCUT2D eigenvalue weighted by Crippen LogP contribution is -2.40. The number of ether oxygens (including phenoxy) is 1. The van der Waals surface area contributed by atoms with Crippen LogP contribution in [-0.4, -0.2) is 58.9 Å². The molecule has 0 atom stereocenters. The highest BCUT2D eigenvalue weighted by atomic mass is 32.2. The molecule has 2 rings (SSSR count). The van der Waals surface area contributed by atoms with Crippen LogP contribution in [-0.2, 0) is 24.2 Å². The summed E-state index contributed by atoms with van der Waals surface area (Å²) in [6.45, 7) is 15.4. The van der Waals surface area contributed by atoms with Gasteiger partial charge in [-0.15, -0.1) is 0 Å². The molecule has 1 aliphatic heterocycles. The maximum absolute atomic E-state index is 11.3. The van der Waals surface area contributed by atoms with Crippen molar-refractivity contribution in [3.05, 3.63) is 53.4 Å². The van der Waals surface area contributed by atoms with Crippen LogP contribution in [0.15, 0.2) is 43.0 Å². The Bertz CT molecular complexity index is 815. The van der Waals surface area contributed by atoms with Gasteiger partial charge in [-0.3, -0.25) is 0 Å². The third kappa shape index (κ3) is 9.89. The van der Waals surface area contributed by atoms with E-state index in [0.29, 0.717) is 25.2 Å². The molecule has 0 unspecified atom stereocenters. The Morgan fingerprint density at radius 3 is 2.45 bits per heavy atom. The van der Waals surface area contributed by atoms with E-state index in [1.165, 1.54) is 0 Å². The van der Waals surface area contributed by atoms with E-state index in [2.05, 4.69) is 33.2 Å². The first-order valence-electron chi connectivity index (χ1n) is 9.01. The zero-order valence-electron chi connectivity index (χ0n) is 16.7. The quantitative estimate of drug-likeness (QED) is 0.297. The van der Waals surface area contributed by atoms with Crippen LogP contribution in [0.3, 0.4) is 0 Å². The molecule has 0 aliphatic carbocycles. The van der Waals surface area contributed by atoms with Crippen molar-refractivity contribution < 1.29 is 22.8 Å². The van der Waals surface area contributed by atoms with Gasteiger partial charge in [-0.2, -0.15) is 5.48 Å². The topological polar surface area (TPSA) is 89.3 Å². The van der Waals surface area contributed by atoms with Crippen molar-refractivity contribution in [1.29, 1.82) is 0 Å². The van der Waals surface area contributed by atoms with E-state index in [4.69, 9.17) is 11.3 Å². The summed E-state index contributed by atoms with van der Waals surface area (Å²) in [5.41, 5.74) is 5.03. The van der Waals surface area contributed by atoms with Crippen molar-refractivity contribution >= 4 is 27.6 Å². The molecule has 0 aromatic heterocycles. The Morgan fingerprint density at radius 1 is 1.31 bits per heavy atom. The molecule has 1 fully saturated rings. The second kappa shape index (κ2) is 12.7. The van der Waals surface area contributed by atoms with Crippen LogP contribution >= 0.6 is 0 Å². The van der Waals surface area contributed by atoms with Gasteiger partial charge in [0.2, 0.25) is 0 Å². The number of benzene rings is 1. The molecule has 9 heteroatoms. The van der Waals surface area contributed by atoms with Crippen molar-refractivity contribution in [2.45, 2.75) is 6.92 Å². The van der Waals surface area contributed by atoms with Crippen LogP contribution in [0.4, 0.5) is 5.69 Å². The molecule has 0 amide bonds. The number of hydrogen-bond acceptors (Lipinski definition) is 7. The smallest absolute Gasteiger partial charge is 0.382 e. The van der Waals surface area contributed by atoms with E-state index in [1.54, 1.807) is 13.0 Å². The molecular formula is C20H28N3O5S+. The average molecular weight is 423 g/mol. The first-order valence-corrected chi connectivity index (χ1v) is 10.8. The van der Waals surface area contributed by atoms with Gasteiger partial charge in [-0.25, -0.2) is 18.0 Å². The van der Waals surface area contributed by atoms with Crippen molar-refractivity contribution in [1.82, 2.24) is 5.48 Å². The summed E-state index contributed by atoms with van der Waals surface area (Å²) in [5, 5.41) is 0. The summed E-state index contributed by atoms with van der Waals surface area (Å²) in [5.74, 6) is 0.109. The summed E-state index contributed by atoms with van der Waals surface area (Å²) >= 11 is 0. The highest BCUT2D eigenvalue weighted by molar-refractivity contribution is 7.91. The standard InChI is InChI=1S/C12H15NO2S.C8H13N2O3/c1-2-11-3-5-12(6-4-11)13-7-9-16(14,15)10-8-13;1-7(2)8(11)12-5-4-10-13-6-9-3/h2-6H,1,7-10H2;3,10H,1,4-6H2,2H3/q;+1. The Balaban J connectivity index is 0.000000298. The maximum Gasteiger partial charge on any atom is 0.382 e. The number of nitrogens with zero attached hydrogens (tertiary/aromatic N) is 2. The fraction of sp³-hybridized carbons (Fsp3) is 0.400. The molecule has 8 nitrogen and oxygen atoms in total. The number of nitrogens with one attached hydrogen (secondary N) is 1. The lowest BCUT2D eigenvalue weighted by atomic mass is 10.2. The molecule has 1 N–H and O–H groups in total. The molecule has 0 saturated carbocycles. The van der Waals surface area contributed by atoms with E-state index >= 15 is 0 Å². The van der Waals surface area contributed by atoms with Gasteiger partial charge in [-0.1, -0.05) is 36.2 Å². The molecule has 158 valence electrons. The van der Waals surface area contributed by atoms with Crippen LogP contribution < -0.4 is 10.4 Å². The first kappa shape index (κ1) is 24.4. The van der Waals surface area contributed by atoms with Gasteiger partial charge in [0.05, 0.1) is 18.1 Å². The molecule has 0 radical (unpaired) electrons. The number of sulfone groups is 1. The van der Waals surface area contributed by atoms with Gasteiger partial charge < -0.3 is 9.64 Å². The summed E-state index contributed by atoms with van der Waals surface area (Å²) in [7, 11) is -2.79. The Morgan fingerprint density at radius 2 is 1.93 bits per heavy atom. The van der Waals surface area contributed by atoms with Gasteiger partial charge in [0.15, 0.2) is 9.84 Å². The summed E-state index contributed by atoms with van der Waals surface area (Å²) in [4.78, 5) is 20.8. The number of esters is 1. The fourth-order valence-electron chi connectivity index (χ4n) is 2.26. The average Bonchev–Trinajstić information content (AvgIpc) is 2.71. The maximum atomic E-state index is 11.3. The number of anilines is 1. The molecule has 0 bridgehead atoms. The number of hydroxylamine groups is 1. The monoisotopic (exact) mass is 422 g/mol. The minimum atomic E-state index is -2.79. The molecule has 1 aromatic rings. The van der Waals surface area contributed by atoms with Gasteiger partial charge in [0.1, 0.15) is 6.61 Å². The van der Waals surface area contributed by atoms with E-state index < -0.39 is 15.8 Å². The molecule has 1 aromatic carbocycles. The van der Waals surface area contributed by atoms with E-state index in [1.807, 2.05) is 24.3 Å². The normalized spacial score (nSPS) is 14.7. The third-order valence-corrected chi connectivity index (χ3v) is 5.47. The lowest BCUT2D eigenvalue weighted by Gasteiger charge is -2.28. The molecule has 0 spiro atoms. The summed E-state index contributed by atoms with van der Waals surface area (Å²) < 4.78 is 27.3. The molecule has 1 heterocycles. The lowest BCUT2D eigenvalue weighted by molar-refractivity contribution is -0.139. The predicted octanol–water partition coefficient (Wildman–Crippen LogP) is 2.11. The van der Waals surface area contributed by atoms with Crippen molar-refractivity contribution in [3.63, 3.8) is 0 Å². The van der Waals surface area contributed by atoms with Gasteiger partial charge in [0, 0.05) is 24.4 Å². The SMILES string of the molecule is C#[N+]CONCCOC(=O)C(=C)C.C=Cc1ccc(N2CCS(=O)(=O)CC2)cc1. The molecular weight excluding hydrogens is 394 g/mol. The Kier molecular flexibility index (Phi) is 10.7. The van der Waals surface area contributed by atoms with Crippen molar-refractivity contribution in [2.75, 3.05) is 49.4 Å². The third-order valence-electron chi connectivity index (χ3n) is 3.87. The van der Waals surface area contributed by atoms with Crippen LogP contribution in [0.2, 0.25) is 0 Å². The highest BCUT2D eigenvalue weighted by Crippen LogP contribution is 2.18. The molecule has 1 aliphatic rings. The van der Waals surface area contributed by atoms with E-state index in [0.717, 1.165) is 11.3 Å². The second-order valence-electron chi connectivity index (χ2n) is 6.20. The fourth-order valence-corrected chi connectivity index (χ4v) is 3.46.